The summed E-state index contributed by atoms with van der Waals surface area (Å²) in [7, 11) is 1.47. The first-order chi connectivity index (χ1) is 9.41. The Morgan fingerprint density at radius 3 is 2.80 bits per heavy atom. The van der Waals surface area contributed by atoms with Crippen molar-refractivity contribution in [3.8, 4) is 5.75 Å². The topological polar surface area (TPSA) is 38.5 Å². The van der Waals surface area contributed by atoms with E-state index in [0.717, 1.165) is 25.2 Å². The van der Waals surface area contributed by atoms with Crippen LogP contribution in [-0.2, 0) is 0 Å². The first kappa shape index (κ1) is 15.3. The molecule has 1 aromatic rings. The van der Waals surface area contributed by atoms with Crippen molar-refractivity contribution in [2.75, 3.05) is 26.7 Å². The van der Waals surface area contributed by atoms with Crippen molar-refractivity contribution in [2.45, 2.75) is 32.7 Å². The van der Waals surface area contributed by atoms with Crippen LogP contribution in [0.1, 0.15) is 38.3 Å². The van der Waals surface area contributed by atoms with E-state index < -0.39 is 0 Å². The number of likely N-dealkylation sites (tertiary alicyclic amines) is 1. The molecule has 0 saturated carbocycles. The number of piperidine rings is 1. The third-order valence-electron chi connectivity index (χ3n) is 4.04. The molecule has 20 heavy (non-hydrogen) atoms. The molecule has 0 aromatic heterocycles. The van der Waals surface area contributed by atoms with Crippen LogP contribution >= 0.6 is 0 Å². The summed E-state index contributed by atoms with van der Waals surface area (Å²) in [5.74, 6) is -0.0838. The number of nitrogens with zero attached hydrogens (tertiary/aromatic N) is 1. The molecule has 1 aliphatic heterocycles. The Labute approximate surface area is 120 Å². The van der Waals surface area contributed by atoms with E-state index in [-0.39, 0.29) is 17.6 Å². The van der Waals surface area contributed by atoms with Crippen molar-refractivity contribution >= 4 is 0 Å². The summed E-state index contributed by atoms with van der Waals surface area (Å²) in [4.78, 5) is 2.39. The molecule has 0 radical (unpaired) electrons. The summed E-state index contributed by atoms with van der Waals surface area (Å²) < 4.78 is 18.6. The molecule has 1 atom stereocenters. The minimum absolute atomic E-state index is 0.163. The van der Waals surface area contributed by atoms with E-state index in [1.165, 1.54) is 26.0 Å². The van der Waals surface area contributed by atoms with Crippen LogP contribution in [-0.4, -0.2) is 31.6 Å². The van der Waals surface area contributed by atoms with Gasteiger partial charge < -0.3 is 15.4 Å². The highest BCUT2D eigenvalue weighted by molar-refractivity contribution is 5.31. The molecule has 1 fully saturated rings. The molecule has 3 nitrogen and oxygen atoms in total. The number of halogens is 1. The van der Waals surface area contributed by atoms with Crippen LogP contribution in [0.4, 0.5) is 4.39 Å². The third kappa shape index (κ3) is 3.70. The first-order valence-electron chi connectivity index (χ1n) is 7.23. The molecule has 1 aliphatic rings. The van der Waals surface area contributed by atoms with Crippen molar-refractivity contribution < 1.29 is 9.13 Å². The Hall–Kier alpha value is -1.13. The van der Waals surface area contributed by atoms with Crippen molar-refractivity contribution in [3.63, 3.8) is 0 Å². The highest BCUT2D eigenvalue weighted by atomic mass is 19.1. The monoisotopic (exact) mass is 280 g/mol. The lowest BCUT2D eigenvalue weighted by molar-refractivity contribution is 0.112. The number of hydrogen-bond donors (Lipinski definition) is 1. The van der Waals surface area contributed by atoms with Crippen LogP contribution in [0.3, 0.4) is 0 Å². The summed E-state index contributed by atoms with van der Waals surface area (Å²) in [6.07, 6.45) is 2.46. The van der Waals surface area contributed by atoms with Gasteiger partial charge in [-0.2, -0.15) is 0 Å². The van der Waals surface area contributed by atoms with Crippen LogP contribution in [0, 0.1) is 11.2 Å². The molecule has 2 N–H and O–H groups in total. The Balaban J connectivity index is 2.01. The van der Waals surface area contributed by atoms with E-state index in [4.69, 9.17) is 10.5 Å². The normalized spacial score (nSPS) is 20.6. The fourth-order valence-corrected chi connectivity index (χ4v) is 3.00. The number of hydrogen-bond acceptors (Lipinski definition) is 3. The van der Waals surface area contributed by atoms with E-state index >= 15 is 0 Å². The highest BCUT2D eigenvalue weighted by Gasteiger charge is 2.27. The largest absolute Gasteiger partial charge is 0.494 e. The van der Waals surface area contributed by atoms with Crippen LogP contribution in [0.15, 0.2) is 18.2 Å². The van der Waals surface area contributed by atoms with Gasteiger partial charge in [0.15, 0.2) is 11.6 Å². The molecule has 1 heterocycles. The maximum atomic E-state index is 13.7. The van der Waals surface area contributed by atoms with E-state index in [9.17, 15) is 4.39 Å². The van der Waals surface area contributed by atoms with Crippen LogP contribution in [0.25, 0.3) is 0 Å². The molecule has 112 valence electrons. The molecule has 1 saturated heterocycles. The predicted molar refractivity (Wildman–Crippen MR) is 79.3 cm³/mol. The fourth-order valence-electron chi connectivity index (χ4n) is 3.00. The number of ether oxygens (including phenoxy) is 1. The molecule has 0 bridgehead atoms. The highest BCUT2D eigenvalue weighted by Crippen LogP contribution is 2.29. The maximum absolute atomic E-state index is 13.7. The summed E-state index contributed by atoms with van der Waals surface area (Å²) in [5.41, 5.74) is 7.40. The second-order valence-electron chi connectivity index (χ2n) is 6.50. The molecule has 1 unspecified atom stereocenters. The smallest absolute Gasteiger partial charge is 0.165 e. The zero-order chi connectivity index (χ0) is 14.8. The summed E-state index contributed by atoms with van der Waals surface area (Å²) in [6.45, 7) is 7.49. The molecular formula is C16H25FN2O. The predicted octanol–water partition coefficient (Wildman–Crippen LogP) is 2.96. The van der Waals surface area contributed by atoms with Gasteiger partial charge >= 0.3 is 0 Å². The second-order valence-corrected chi connectivity index (χ2v) is 6.50. The molecule has 1 aromatic carbocycles. The molecule has 2 rings (SSSR count). The van der Waals surface area contributed by atoms with Gasteiger partial charge in [0.05, 0.1) is 7.11 Å². The van der Waals surface area contributed by atoms with Gasteiger partial charge in [-0.15, -0.1) is 0 Å². The number of rotatable bonds is 4. The van der Waals surface area contributed by atoms with Gasteiger partial charge in [0.2, 0.25) is 0 Å². The van der Waals surface area contributed by atoms with Crippen molar-refractivity contribution in [1.82, 2.24) is 4.90 Å². The second kappa shape index (κ2) is 6.10. The van der Waals surface area contributed by atoms with Gasteiger partial charge in [0.25, 0.3) is 0 Å². The first-order valence-corrected chi connectivity index (χ1v) is 7.23. The molecule has 4 heteroatoms. The Kier molecular flexibility index (Phi) is 4.66. The van der Waals surface area contributed by atoms with Crippen LogP contribution < -0.4 is 10.5 Å². The van der Waals surface area contributed by atoms with Gasteiger partial charge in [-0.1, -0.05) is 19.9 Å². The Morgan fingerprint density at radius 1 is 1.45 bits per heavy atom. The van der Waals surface area contributed by atoms with Crippen molar-refractivity contribution in [2.24, 2.45) is 11.1 Å². The summed E-state index contributed by atoms with van der Waals surface area (Å²) in [6, 6.07) is 4.81. The van der Waals surface area contributed by atoms with Gasteiger partial charge in [-0.3, -0.25) is 0 Å². The van der Waals surface area contributed by atoms with Gasteiger partial charge in [-0.25, -0.2) is 4.39 Å². The zero-order valence-electron chi connectivity index (χ0n) is 12.7. The molecule has 0 aliphatic carbocycles. The maximum Gasteiger partial charge on any atom is 0.165 e. The zero-order valence-corrected chi connectivity index (χ0v) is 12.7. The van der Waals surface area contributed by atoms with E-state index in [2.05, 4.69) is 18.7 Å². The Morgan fingerprint density at radius 2 is 2.20 bits per heavy atom. The van der Waals surface area contributed by atoms with E-state index in [1.54, 1.807) is 6.07 Å². The Bertz CT molecular complexity index is 462. The third-order valence-corrected chi connectivity index (χ3v) is 4.04. The molecular weight excluding hydrogens is 255 g/mol. The van der Waals surface area contributed by atoms with E-state index in [0.29, 0.717) is 5.41 Å². The lowest BCUT2D eigenvalue weighted by Crippen LogP contribution is -2.43. The average Bonchev–Trinajstić information content (AvgIpc) is 2.37. The van der Waals surface area contributed by atoms with Crippen molar-refractivity contribution in [3.05, 3.63) is 29.6 Å². The number of benzene rings is 1. The summed E-state index contributed by atoms with van der Waals surface area (Å²) in [5, 5.41) is 0. The minimum atomic E-state index is -0.348. The van der Waals surface area contributed by atoms with Gasteiger partial charge in [-0.05, 0) is 42.5 Å². The number of nitrogens with two attached hydrogens (primary N) is 1. The van der Waals surface area contributed by atoms with Gasteiger partial charge in [0, 0.05) is 19.1 Å². The molecule has 0 amide bonds. The van der Waals surface area contributed by atoms with E-state index in [1.807, 2.05) is 6.07 Å². The standard InChI is InChI=1S/C16H25FN2O/c1-16(2)7-4-8-19(11-16)10-14(18)12-5-6-15(20-3)13(17)9-12/h5-6,9,14H,4,7-8,10-11,18H2,1-3H3. The van der Waals surface area contributed by atoms with Crippen molar-refractivity contribution in [1.29, 1.82) is 0 Å². The average molecular weight is 280 g/mol. The van der Waals surface area contributed by atoms with Crippen LogP contribution in [0.2, 0.25) is 0 Å². The summed E-state index contributed by atoms with van der Waals surface area (Å²) >= 11 is 0. The SMILES string of the molecule is COc1ccc(C(N)CN2CCCC(C)(C)C2)cc1F. The molecule has 0 spiro atoms. The lowest BCUT2D eigenvalue weighted by Gasteiger charge is -2.39. The fraction of sp³-hybridized carbons (Fsp3) is 0.625. The van der Waals surface area contributed by atoms with Gasteiger partial charge in [0.1, 0.15) is 0 Å². The quantitative estimate of drug-likeness (QED) is 0.921. The lowest BCUT2D eigenvalue weighted by atomic mass is 9.84. The van der Waals surface area contributed by atoms with Crippen LogP contribution in [0.5, 0.6) is 5.75 Å². The number of methoxy groups -OCH3 is 1. The minimum Gasteiger partial charge on any atom is -0.494 e.